The summed E-state index contributed by atoms with van der Waals surface area (Å²) in [5, 5.41) is 4.17. The van der Waals surface area contributed by atoms with E-state index in [1.807, 2.05) is 6.07 Å². The van der Waals surface area contributed by atoms with Crippen molar-refractivity contribution < 1.29 is 0 Å². The molecular weight excluding hydrogens is 298 g/mol. The number of aryl methyl sites for hydroxylation is 1. The van der Waals surface area contributed by atoms with Crippen molar-refractivity contribution in [1.82, 2.24) is 9.97 Å². The molecule has 1 atom stereocenters. The standard InChI is InChI=1S/C12H18BrN3S/c1-2-4-11-15-10(13)7-12(16-11)14-8-9-5-3-6-17-9/h7,9H,2-6,8H2,1H3,(H,14,15,16). The highest BCUT2D eigenvalue weighted by Gasteiger charge is 2.15. The van der Waals surface area contributed by atoms with Crippen molar-refractivity contribution in [3.8, 4) is 0 Å². The molecule has 2 rings (SSSR count). The molecular formula is C12H18BrN3S. The van der Waals surface area contributed by atoms with Gasteiger partial charge in [0.1, 0.15) is 16.2 Å². The van der Waals surface area contributed by atoms with E-state index in [1.165, 1.54) is 18.6 Å². The van der Waals surface area contributed by atoms with Crippen LogP contribution in [0.25, 0.3) is 0 Å². The molecule has 0 aromatic carbocycles. The Morgan fingerprint density at radius 2 is 2.41 bits per heavy atom. The van der Waals surface area contributed by atoms with E-state index in [2.05, 4.69) is 49.9 Å². The normalized spacial score (nSPS) is 19.5. The minimum absolute atomic E-state index is 0.748. The number of aromatic nitrogens is 2. The molecule has 0 spiro atoms. The Balaban J connectivity index is 1.94. The van der Waals surface area contributed by atoms with Crippen LogP contribution in [0.15, 0.2) is 10.7 Å². The van der Waals surface area contributed by atoms with Crippen LogP contribution in [0.2, 0.25) is 0 Å². The van der Waals surface area contributed by atoms with Crippen LogP contribution in [0.1, 0.15) is 32.0 Å². The molecule has 1 aliphatic heterocycles. The highest BCUT2D eigenvalue weighted by molar-refractivity contribution is 9.10. The SMILES string of the molecule is CCCc1nc(Br)cc(NCC2CCCS2)n1. The molecule has 0 amide bonds. The lowest BCUT2D eigenvalue weighted by atomic mass is 10.2. The Bertz CT molecular complexity index is 367. The molecule has 0 radical (unpaired) electrons. The second kappa shape index (κ2) is 6.59. The summed E-state index contributed by atoms with van der Waals surface area (Å²) in [6, 6.07) is 1.96. The van der Waals surface area contributed by atoms with Gasteiger partial charge in [-0.3, -0.25) is 0 Å². The van der Waals surface area contributed by atoms with E-state index < -0.39 is 0 Å². The maximum Gasteiger partial charge on any atom is 0.132 e. The zero-order valence-electron chi connectivity index (χ0n) is 10.1. The lowest BCUT2D eigenvalue weighted by Crippen LogP contribution is -2.15. The Morgan fingerprint density at radius 3 is 3.12 bits per heavy atom. The molecule has 0 aliphatic carbocycles. The van der Waals surface area contributed by atoms with Gasteiger partial charge in [-0.15, -0.1) is 0 Å². The van der Waals surface area contributed by atoms with Crippen LogP contribution >= 0.6 is 27.7 Å². The van der Waals surface area contributed by atoms with Gasteiger partial charge in [0, 0.05) is 24.3 Å². The molecule has 94 valence electrons. The molecule has 1 aromatic rings. The van der Waals surface area contributed by atoms with Crippen molar-refractivity contribution >= 4 is 33.5 Å². The van der Waals surface area contributed by atoms with E-state index in [0.717, 1.165) is 40.9 Å². The summed E-state index contributed by atoms with van der Waals surface area (Å²) in [7, 11) is 0. The first-order valence-corrected chi connectivity index (χ1v) is 8.01. The smallest absolute Gasteiger partial charge is 0.132 e. The highest BCUT2D eigenvalue weighted by Crippen LogP contribution is 2.26. The summed E-state index contributed by atoms with van der Waals surface area (Å²) in [6.07, 6.45) is 4.69. The number of hydrogen-bond donors (Lipinski definition) is 1. The third kappa shape index (κ3) is 4.14. The third-order valence-corrected chi connectivity index (χ3v) is 4.55. The minimum Gasteiger partial charge on any atom is -0.369 e. The predicted molar refractivity (Wildman–Crippen MR) is 77.7 cm³/mol. The van der Waals surface area contributed by atoms with Gasteiger partial charge in [0.15, 0.2) is 0 Å². The molecule has 0 saturated carbocycles. The molecule has 5 heteroatoms. The van der Waals surface area contributed by atoms with Gasteiger partial charge in [-0.25, -0.2) is 9.97 Å². The molecule has 1 fully saturated rings. The summed E-state index contributed by atoms with van der Waals surface area (Å²) in [4.78, 5) is 8.89. The predicted octanol–water partition coefficient (Wildman–Crippen LogP) is 3.50. The molecule has 1 unspecified atom stereocenters. The Hall–Kier alpha value is -0.290. The first-order valence-electron chi connectivity index (χ1n) is 6.17. The molecule has 3 nitrogen and oxygen atoms in total. The van der Waals surface area contributed by atoms with Crippen LogP contribution in [0.3, 0.4) is 0 Å². The fraction of sp³-hybridized carbons (Fsp3) is 0.667. The van der Waals surface area contributed by atoms with Gasteiger partial charge in [-0.2, -0.15) is 11.8 Å². The molecule has 1 aromatic heterocycles. The number of anilines is 1. The van der Waals surface area contributed by atoms with Gasteiger partial charge >= 0.3 is 0 Å². The van der Waals surface area contributed by atoms with Crippen molar-refractivity contribution in [2.75, 3.05) is 17.6 Å². The monoisotopic (exact) mass is 315 g/mol. The molecule has 0 bridgehead atoms. The molecule has 1 saturated heterocycles. The van der Waals surface area contributed by atoms with Gasteiger partial charge in [-0.1, -0.05) is 6.92 Å². The van der Waals surface area contributed by atoms with E-state index in [0.29, 0.717) is 0 Å². The van der Waals surface area contributed by atoms with Gasteiger partial charge in [0.05, 0.1) is 0 Å². The van der Waals surface area contributed by atoms with E-state index in [1.54, 1.807) is 0 Å². The number of rotatable bonds is 5. The number of thioether (sulfide) groups is 1. The Kier molecular flexibility index (Phi) is 5.10. The minimum atomic E-state index is 0.748. The lowest BCUT2D eigenvalue weighted by molar-refractivity contribution is 0.795. The fourth-order valence-electron chi connectivity index (χ4n) is 1.91. The number of nitrogens with zero attached hydrogens (tertiary/aromatic N) is 2. The quantitative estimate of drug-likeness (QED) is 0.844. The van der Waals surface area contributed by atoms with E-state index in [4.69, 9.17) is 0 Å². The van der Waals surface area contributed by atoms with Gasteiger partial charge in [0.2, 0.25) is 0 Å². The number of nitrogens with one attached hydrogen (secondary N) is 1. The summed E-state index contributed by atoms with van der Waals surface area (Å²) >= 11 is 5.50. The molecule has 1 N–H and O–H groups in total. The summed E-state index contributed by atoms with van der Waals surface area (Å²) in [5.74, 6) is 3.17. The van der Waals surface area contributed by atoms with Crippen molar-refractivity contribution in [2.24, 2.45) is 0 Å². The van der Waals surface area contributed by atoms with Crippen LogP contribution < -0.4 is 5.32 Å². The van der Waals surface area contributed by atoms with Crippen molar-refractivity contribution in [3.63, 3.8) is 0 Å². The second-order valence-corrected chi connectivity index (χ2v) is 6.48. The molecule has 2 heterocycles. The fourth-order valence-corrected chi connectivity index (χ4v) is 3.54. The van der Waals surface area contributed by atoms with E-state index in [-0.39, 0.29) is 0 Å². The average molecular weight is 316 g/mol. The zero-order valence-corrected chi connectivity index (χ0v) is 12.5. The van der Waals surface area contributed by atoms with Gasteiger partial charge < -0.3 is 5.32 Å². The molecule has 1 aliphatic rings. The summed E-state index contributed by atoms with van der Waals surface area (Å²) in [6.45, 7) is 3.16. The largest absolute Gasteiger partial charge is 0.369 e. The summed E-state index contributed by atoms with van der Waals surface area (Å²) < 4.78 is 0.873. The Labute approximate surface area is 115 Å². The number of hydrogen-bond acceptors (Lipinski definition) is 4. The van der Waals surface area contributed by atoms with Gasteiger partial charge in [-0.05, 0) is 40.9 Å². The Morgan fingerprint density at radius 1 is 1.53 bits per heavy atom. The highest BCUT2D eigenvalue weighted by atomic mass is 79.9. The maximum absolute atomic E-state index is 4.52. The first kappa shape index (κ1) is 13.1. The second-order valence-electron chi connectivity index (χ2n) is 4.26. The van der Waals surface area contributed by atoms with E-state index >= 15 is 0 Å². The zero-order chi connectivity index (χ0) is 12.1. The van der Waals surface area contributed by atoms with Crippen LogP contribution in [0.4, 0.5) is 5.82 Å². The van der Waals surface area contributed by atoms with Crippen molar-refractivity contribution in [1.29, 1.82) is 0 Å². The van der Waals surface area contributed by atoms with Gasteiger partial charge in [0.25, 0.3) is 0 Å². The van der Waals surface area contributed by atoms with Crippen molar-refractivity contribution in [2.45, 2.75) is 37.9 Å². The average Bonchev–Trinajstić information content (AvgIpc) is 2.79. The van der Waals surface area contributed by atoms with Crippen LogP contribution in [0, 0.1) is 0 Å². The maximum atomic E-state index is 4.52. The first-order chi connectivity index (χ1) is 8.28. The van der Waals surface area contributed by atoms with Crippen LogP contribution in [0.5, 0.6) is 0 Å². The summed E-state index contributed by atoms with van der Waals surface area (Å²) in [5.41, 5.74) is 0. The van der Waals surface area contributed by atoms with Crippen molar-refractivity contribution in [3.05, 3.63) is 16.5 Å². The number of halogens is 1. The molecule has 17 heavy (non-hydrogen) atoms. The van der Waals surface area contributed by atoms with E-state index in [9.17, 15) is 0 Å². The lowest BCUT2D eigenvalue weighted by Gasteiger charge is -2.11. The topological polar surface area (TPSA) is 37.8 Å². The van der Waals surface area contributed by atoms with Crippen LogP contribution in [-0.4, -0.2) is 27.5 Å². The third-order valence-electron chi connectivity index (χ3n) is 2.75. The van der Waals surface area contributed by atoms with Crippen LogP contribution in [-0.2, 0) is 6.42 Å².